The van der Waals surface area contributed by atoms with Gasteiger partial charge in [0.1, 0.15) is 5.76 Å². The fraction of sp³-hybridized carbons (Fsp3) is 0.733. The minimum Gasteiger partial charge on any atom is -0.468 e. The Morgan fingerprint density at radius 2 is 2.22 bits per heavy atom. The molecule has 2 heterocycles. The SMILES string of the molecule is CNCc1coc(CN2CCCC3CCCC32)c1. The van der Waals surface area contributed by atoms with E-state index in [1.54, 1.807) is 0 Å². The van der Waals surface area contributed by atoms with E-state index >= 15 is 0 Å². The number of rotatable bonds is 4. The third kappa shape index (κ3) is 2.47. The third-order valence-corrected chi connectivity index (χ3v) is 4.56. The zero-order valence-corrected chi connectivity index (χ0v) is 11.3. The van der Waals surface area contributed by atoms with Gasteiger partial charge < -0.3 is 9.73 Å². The molecule has 100 valence electrons. The first-order valence-electron chi connectivity index (χ1n) is 7.32. The summed E-state index contributed by atoms with van der Waals surface area (Å²) in [5.41, 5.74) is 1.26. The molecule has 0 bridgehead atoms. The van der Waals surface area contributed by atoms with E-state index < -0.39 is 0 Å². The molecule has 2 fully saturated rings. The van der Waals surface area contributed by atoms with Gasteiger partial charge in [-0.05, 0) is 51.3 Å². The van der Waals surface area contributed by atoms with Crippen LogP contribution in [0.5, 0.6) is 0 Å². The number of fused-ring (bicyclic) bond motifs is 1. The van der Waals surface area contributed by atoms with Gasteiger partial charge in [-0.3, -0.25) is 4.90 Å². The van der Waals surface area contributed by atoms with Crippen LogP contribution in [0.1, 0.15) is 43.4 Å². The number of nitrogens with one attached hydrogen (secondary N) is 1. The summed E-state index contributed by atoms with van der Waals surface area (Å²) in [4.78, 5) is 2.66. The second-order valence-corrected chi connectivity index (χ2v) is 5.82. The minimum atomic E-state index is 0.830. The molecule has 1 N–H and O–H groups in total. The molecule has 2 aliphatic rings. The Morgan fingerprint density at radius 3 is 3.11 bits per heavy atom. The lowest BCUT2D eigenvalue weighted by molar-refractivity contribution is 0.0979. The van der Waals surface area contributed by atoms with E-state index in [2.05, 4.69) is 16.3 Å². The van der Waals surface area contributed by atoms with Crippen molar-refractivity contribution in [3.8, 4) is 0 Å². The summed E-state index contributed by atoms with van der Waals surface area (Å²) in [6.45, 7) is 3.16. The molecule has 3 nitrogen and oxygen atoms in total. The first-order valence-corrected chi connectivity index (χ1v) is 7.32. The molecule has 0 amide bonds. The second-order valence-electron chi connectivity index (χ2n) is 5.82. The third-order valence-electron chi connectivity index (χ3n) is 4.56. The maximum Gasteiger partial charge on any atom is 0.118 e. The summed E-state index contributed by atoms with van der Waals surface area (Å²) in [6.07, 6.45) is 8.98. The standard InChI is InChI=1S/C15H24N2O/c1-16-9-12-8-14(18-11-12)10-17-7-3-5-13-4-2-6-15(13)17/h8,11,13,15-16H,2-7,9-10H2,1H3. The van der Waals surface area contributed by atoms with Gasteiger partial charge in [0.05, 0.1) is 12.8 Å². The van der Waals surface area contributed by atoms with E-state index in [4.69, 9.17) is 4.42 Å². The summed E-state index contributed by atoms with van der Waals surface area (Å²) in [5, 5.41) is 3.16. The van der Waals surface area contributed by atoms with Crippen LogP contribution in [0.4, 0.5) is 0 Å². The zero-order chi connectivity index (χ0) is 12.4. The van der Waals surface area contributed by atoms with E-state index in [0.29, 0.717) is 0 Å². The summed E-state index contributed by atoms with van der Waals surface area (Å²) in [6, 6.07) is 3.03. The maximum absolute atomic E-state index is 5.69. The van der Waals surface area contributed by atoms with Crippen LogP contribution in [0.2, 0.25) is 0 Å². The van der Waals surface area contributed by atoms with Crippen molar-refractivity contribution in [2.75, 3.05) is 13.6 Å². The number of hydrogen-bond donors (Lipinski definition) is 1. The molecule has 1 aliphatic heterocycles. The van der Waals surface area contributed by atoms with Crippen LogP contribution < -0.4 is 5.32 Å². The van der Waals surface area contributed by atoms with Crippen molar-refractivity contribution < 1.29 is 4.42 Å². The number of nitrogens with zero attached hydrogens (tertiary/aromatic N) is 1. The van der Waals surface area contributed by atoms with E-state index in [1.807, 2.05) is 13.3 Å². The number of furan rings is 1. The van der Waals surface area contributed by atoms with Gasteiger partial charge in [-0.15, -0.1) is 0 Å². The Balaban J connectivity index is 1.63. The van der Waals surface area contributed by atoms with Crippen molar-refractivity contribution in [1.82, 2.24) is 10.2 Å². The first kappa shape index (κ1) is 12.2. The van der Waals surface area contributed by atoms with Crippen molar-refractivity contribution in [3.05, 3.63) is 23.7 Å². The normalized spacial score (nSPS) is 28.5. The highest BCUT2D eigenvalue weighted by atomic mass is 16.3. The lowest BCUT2D eigenvalue weighted by atomic mass is 9.92. The van der Waals surface area contributed by atoms with Gasteiger partial charge in [0, 0.05) is 18.2 Å². The van der Waals surface area contributed by atoms with Crippen LogP contribution >= 0.6 is 0 Å². The molecule has 1 aromatic heterocycles. The number of likely N-dealkylation sites (tertiary alicyclic amines) is 1. The zero-order valence-electron chi connectivity index (χ0n) is 11.3. The number of hydrogen-bond acceptors (Lipinski definition) is 3. The average Bonchev–Trinajstić information content (AvgIpc) is 2.99. The van der Waals surface area contributed by atoms with Gasteiger partial charge in [0.15, 0.2) is 0 Å². The lowest BCUT2D eigenvalue weighted by Gasteiger charge is -2.37. The highest BCUT2D eigenvalue weighted by molar-refractivity contribution is 5.13. The van der Waals surface area contributed by atoms with Gasteiger partial charge in [0.25, 0.3) is 0 Å². The molecule has 1 saturated heterocycles. The van der Waals surface area contributed by atoms with Crippen LogP contribution in [0, 0.1) is 5.92 Å². The fourth-order valence-electron chi connectivity index (χ4n) is 3.76. The minimum absolute atomic E-state index is 0.830. The van der Waals surface area contributed by atoms with Crippen LogP contribution in [0.15, 0.2) is 16.7 Å². The summed E-state index contributed by atoms with van der Waals surface area (Å²) in [7, 11) is 1.97. The highest BCUT2D eigenvalue weighted by Crippen LogP contribution is 2.37. The number of piperidine rings is 1. The Bertz CT molecular complexity index is 388. The molecule has 0 radical (unpaired) electrons. The maximum atomic E-state index is 5.69. The van der Waals surface area contributed by atoms with Crippen molar-refractivity contribution >= 4 is 0 Å². The fourth-order valence-corrected chi connectivity index (χ4v) is 3.76. The molecule has 2 atom stereocenters. The van der Waals surface area contributed by atoms with Crippen molar-refractivity contribution in [2.24, 2.45) is 5.92 Å². The van der Waals surface area contributed by atoms with Gasteiger partial charge >= 0.3 is 0 Å². The molecule has 1 saturated carbocycles. The van der Waals surface area contributed by atoms with E-state index in [0.717, 1.165) is 30.8 Å². The highest BCUT2D eigenvalue weighted by Gasteiger charge is 2.35. The topological polar surface area (TPSA) is 28.4 Å². The van der Waals surface area contributed by atoms with Gasteiger partial charge in [0.2, 0.25) is 0 Å². The molecule has 0 spiro atoms. The Kier molecular flexibility index (Phi) is 3.71. The molecule has 1 aliphatic carbocycles. The quantitative estimate of drug-likeness (QED) is 0.888. The van der Waals surface area contributed by atoms with Gasteiger partial charge in [-0.2, -0.15) is 0 Å². The van der Waals surface area contributed by atoms with E-state index in [1.165, 1.54) is 44.2 Å². The molecule has 1 aromatic rings. The molecular formula is C15H24N2O. The van der Waals surface area contributed by atoms with Crippen molar-refractivity contribution in [3.63, 3.8) is 0 Å². The van der Waals surface area contributed by atoms with Crippen LogP contribution in [-0.4, -0.2) is 24.5 Å². The smallest absolute Gasteiger partial charge is 0.118 e. The lowest BCUT2D eigenvalue weighted by Crippen LogP contribution is -2.41. The average molecular weight is 248 g/mol. The molecule has 2 unspecified atom stereocenters. The summed E-state index contributed by atoms with van der Waals surface area (Å²) < 4.78 is 5.69. The summed E-state index contributed by atoms with van der Waals surface area (Å²) in [5.74, 6) is 2.10. The van der Waals surface area contributed by atoms with Crippen LogP contribution in [0.3, 0.4) is 0 Å². The predicted octanol–water partition coefficient (Wildman–Crippen LogP) is 2.76. The largest absolute Gasteiger partial charge is 0.468 e. The molecule has 0 aromatic carbocycles. The van der Waals surface area contributed by atoms with Gasteiger partial charge in [-0.25, -0.2) is 0 Å². The van der Waals surface area contributed by atoms with Crippen LogP contribution in [0.25, 0.3) is 0 Å². The van der Waals surface area contributed by atoms with Crippen LogP contribution in [-0.2, 0) is 13.1 Å². The second kappa shape index (κ2) is 5.45. The Morgan fingerprint density at radius 1 is 1.33 bits per heavy atom. The monoisotopic (exact) mass is 248 g/mol. The first-order chi connectivity index (χ1) is 8.86. The van der Waals surface area contributed by atoms with Gasteiger partial charge in [-0.1, -0.05) is 6.42 Å². The van der Waals surface area contributed by atoms with Crippen molar-refractivity contribution in [2.45, 2.75) is 51.2 Å². The molecule has 3 rings (SSSR count). The van der Waals surface area contributed by atoms with E-state index in [-0.39, 0.29) is 0 Å². The Hall–Kier alpha value is -0.800. The predicted molar refractivity (Wildman–Crippen MR) is 72.2 cm³/mol. The molecule has 18 heavy (non-hydrogen) atoms. The summed E-state index contributed by atoms with van der Waals surface area (Å²) >= 11 is 0. The molecular weight excluding hydrogens is 224 g/mol. The van der Waals surface area contributed by atoms with Crippen molar-refractivity contribution in [1.29, 1.82) is 0 Å². The Labute approximate surface area is 110 Å². The van der Waals surface area contributed by atoms with E-state index in [9.17, 15) is 0 Å². The molecule has 3 heteroatoms.